The summed E-state index contributed by atoms with van der Waals surface area (Å²) in [6.07, 6.45) is 8.53. The first-order valence-electron chi connectivity index (χ1n) is 10.9. The van der Waals surface area contributed by atoms with E-state index in [1.165, 1.54) is 18.3 Å². The molecule has 9 heteroatoms. The number of hydrogen-bond donors (Lipinski definition) is 2. The minimum Gasteiger partial charge on any atom is -0.457 e. The lowest BCUT2D eigenvalue weighted by Gasteiger charge is -2.12. The van der Waals surface area contributed by atoms with Crippen molar-refractivity contribution in [3.05, 3.63) is 78.8 Å². The third kappa shape index (κ3) is 5.55. The summed E-state index contributed by atoms with van der Waals surface area (Å²) >= 11 is 0. The molecule has 0 saturated heterocycles. The number of pyridine rings is 2. The number of ether oxygens (including phenoxy) is 1. The molecule has 3 heterocycles. The summed E-state index contributed by atoms with van der Waals surface area (Å²) < 4.78 is 22.3. The zero-order valence-corrected chi connectivity index (χ0v) is 19.1. The molecule has 2 amide bonds. The Hall–Kier alpha value is -4.27. The smallest absolute Gasteiger partial charge is 0.323 e. The average Bonchev–Trinajstić information content (AvgIpc) is 3.31. The molecule has 8 nitrogen and oxygen atoms in total. The van der Waals surface area contributed by atoms with Gasteiger partial charge in [-0.05, 0) is 42.7 Å². The number of hydrogen-bond acceptors (Lipinski definition) is 5. The molecule has 0 aliphatic heterocycles. The zero-order chi connectivity index (χ0) is 24.1. The fourth-order valence-corrected chi connectivity index (χ4v) is 3.22. The molecular weight excluding hydrogens is 435 g/mol. The number of urea groups is 1. The minimum atomic E-state index is -0.625. The molecule has 34 heavy (non-hydrogen) atoms. The lowest BCUT2D eigenvalue weighted by atomic mass is 10.1. The van der Waals surface area contributed by atoms with Gasteiger partial charge in [0.15, 0.2) is 0 Å². The molecule has 0 atom stereocenters. The molecule has 0 aliphatic rings. The SMILES string of the molecule is CCn1cc(-c2cc(Oc3ccc(NC(=O)Nc4cncc(C(C)C)c4)c(F)c3)ccn2)cn1. The molecule has 4 aromatic rings. The number of anilines is 2. The van der Waals surface area contributed by atoms with Crippen molar-refractivity contribution in [1.29, 1.82) is 0 Å². The Labute approximate surface area is 196 Å². The van der Waals surface area contributed by atoms with Gasteiger partial charge in [-0.3, -0.25) is 14.6 Å². The monoisotopic (exact) mass is 460 g/mol. The number of nitrogens with one attached hydrogen (secondary N) is 2. The first-order chi connectivity index (χ1) is 16.4. The number of carbonyl (C=O) groups is 1. The van der Waals surface area contributed by atoms with Crippen LogP contribution >= 0.6 is 0 Å². The molecular formula is C25H25FN6O2. The van der Waals surface area contributed by atoms with Crippen molar-refractivity contribution in [2.45, 2.75) is 33.2 Å². The molecule has 0 fully saturated rings. The highest BCUT2D eigenvalue weighted by atomic mass is 19.1. The van der Waals surface area contributed by atoms with E-state index in [0.717, 1.165) is 17.7 Å². The lowest BCUT2D eigenvalue weighted by molar-refractivity contribution is 0.262. The maximum atomic E-state index is 14.6. The van der Waals surface area contributed by atoms with Crippen molar-refractivity contribution in [1.82, 2.24) is 19.7 Å². The van der Waals surface area contributed by atoms with Gasteiger partial charge in [0.05, 0.1) is 29.5 Å². The van der Waals surface area contributed by atoms with Gasteiger partial charge < -0.3 is 15.4 Å². The van der Waals surface area contributed by atoms with Crippen molar-refractivity contribution in [2.75, 3.05) is 10.6 Å². The van der Waals surface area contributed by atoms with Crippen LogP contribution in [0.4, 0.5) is 20.6 Å². The van der Waals surface area contributed by atoms with E-state index in [0.29, 0.717) is 22.9 Å². The van der Waals surface area contributed by atoms with Crippen LogP contribution in [0.1, 0.15) is 32.3 Å². The molecule has 0 radical (unpaired) electrons. The highest BCUT2D eigenvalue weighted by Gasteiger charge is 2.11. The van der Waals surface area contributed by atoms with Crippen molar-refractivity contribution in [3.8, 4) is 22.8 Å². The highest BCUT2D eigenvalue weighted by Crippen LogP contribution is 2.28. The third-order valence-corrected chi connectivity index (χ3v) is 5.09. The van der Waals surface area contributed by atoms with Gasteiger partial charge in [0.1, 0.15) is 17.3 Å². The molecule has 0 unspecified atom stereocenters. The number of carbonyl (C=O) groups excluding carboxylic acids is 1. The van der Waals surface area contributed by atoms with Crippen LogP contribution in [0.3, 0.4) is 0 Å². The second kappa shape index (κ2) is 10.1. The van der Waals surface area contributed by atoms with E-state index in [4.69, 9.17) is 4.74 Å². The van der Waals surface area contributed by atoms with Crippen molar-refractivity contribution in [2.24, 2.45) is 0 Å². The van der Waals surface area contributed by atoms with Crippen LogP contribution in [-0.4, -0.2) is 25.8 Å². The van der Waals surface area contributed by atoms with Crippen LogP contribution in [0.2, 0.25) is 0 Å². The normalized spacial score (nSPS) is 10.9. The fourth-order valence-electron chi connectivity index (χ4n) is 3.22. The molecule has 0 spiro atoms. The third-order valence-electron chi connectivity index (χ3n) is 5.09. The molecule has 2 N–H and O–H groups in total. The summed E-state index contributed by atoms with van der Waals surface area (Å²) in [7, 11) is 0. The van der Waals surface area contributed by atoms with Gasteiger partial charge >= 0.3 is 6.03 Å². The second-order valence-electron chi connectivity index (χ2n) is 7.95. The molecule has 1 aromatic carbocycles. The predicted molar refractivity (Wildman–Crippen MR) is 129 cm³/mol. The summed E-state index contributed by atoms with van der Waals surface area (Å²) in [5.74, 6) is 0.441. The highest BCUT2D eigenvalue weighted by molar-refractivity contribution is 5.99. The Morgan fingerprint density at radius 2 is 1.91 bits per heavy atom. The first-order valence-corrected chi connectivity index (χ1v) is 10.9. The van der Waals surface area contributed by atoms with Crippen LogP contribution in [0.5, 0.6) is 11.5 Å². The van der Waals surface area contributed by atoms with E-state index < -0.39 is 11.8 Å². The summed E-state index contributed by atoms with van der Waals surface area (Å²) in [6.45, 7) is 6.83. The number of aryl methyl sites for hydroxylation is 1. The number of nitrogens with zero attached hydrogens (tertiary/aromatic N) is 4. The van der Waals surface area contributed by atoms with Crippen molar-refractivity contribution in [3.63, 3.8) is 0 Å². The lowest BCUT2D eigenvalue weighted by Crippen LogP contribution is -2.20. The molecule has 4 rings (SSSR count). The van der Waals surface area contributed by atoms with Gasteiger partial charge in [-0.15, -0.1) is 0 Å². The van der Waals surface area contributed by atoms with Crippen molar-refractivity contribution < 1.29 is 13.9 Å². The minimum absolute atomic E-state index is 0.0280. The predicted octanol–water partition coefficient (Wildman–Crippen LogP) is 6.06. The summed E-state index contributed by atoms with van der Waals surface area (Å²) in [5.41, 5.74) is 3.10. The zero-order valence-electron chi connectivity index (χ0n) is 19.1. The van der Waals surface area contributed by atoms with E-state index >= 15 is 0 Å². The number of benzene rings is 1. The van der Waals surface area contributed by atoms with Gasteiger partial charge in [-0.25, -0.2) is 9.18 Å². The first kappa shape index (κ1) is 22.9. The topological polar surface area (TPSA) is 94.0 Å². The quantitative estimate of drug-likeness (QED) is 0.350. The number of rotatable bonds is 7. The van der Waals surface area contributed by atoms with Gasteiger partial charge in [0.2, 0.25) is 0 Å². The summed E-state index contributed by atoms with van der Waals surface area (Å²) in [4.78, 5) is 20.8. The van der Waals surface area contributed by atoms with Gasteiger partial charge in [-0.2, -0.15) is 5.10 Å². The van der Waals surface area contributed by atoms with Crippen LogP contribution in [0.25, 0.3) is 11.3 Å². The van der Waals surface area contributed by atoms with Gasteiger partial charge in [0.25, 0.3) is 0 Å². The van der Waals surface area contributed by atoms with Gasteiger partial charge in [-0.1, -0.05) is 13.8 Å². The van der Waals surface area contributed by atoms with Crippen LogP contribution in [-0.2, 0) is 6.54 Å². The maximum Gasteiger partial charge on any atom is 0.323 e. The Morgan fingerprint density at radius 3 is 2.65 bits per heavy atom. The Bertz CT molecular complexity index is 1300. The molecule has 174 valence electrons. The number of aromatic nitrogens is 4. The summed E-state index contributed by atoms with van der Waals surface area (Å²) in [5, 5.41) is 9.43. The molecule has 0 saturated carbocycles. The molecule has 0 aliphatic carbocycles. The second-order valence-corrected chi connectivity index (χ2v) is 7.95. The van der Waals surface area contributed by atoms with E-state index in [1.54, 1.807) is 41.5 Å². The Balaban J connectivity index is 1.42. The van der Waals surface area contributed by atoms with E-state index in [9.17, 15) is 9.18 Å². The molecule has 0 bridgehead atoms. The van der Waals surface area contributed by atoms with Crippen molar-refractivity contribution >= 4 is 17.4 Å². The van der Waals surface area contributed by atoms with E-state index in [1.807, 2.05) is 33.0 Å². The van der Waals surface area contributed by atoms with Gasteiger partial charge in [0, 0.05) is 42.8 Å². The van der Waals surface area contributed by atoms with Crippen LogP contribution < -0.4 is 15.4 Å². The molecule has 3 aromatic heterocycles. The maximum absolute atomic E-state index is 14.6. The largest absolute Gasteiger partial charge is 0.457 e. The Morgan fingerprint density at radius 1 is 1.09 bits per heavy atom. The fraction of sp³-hybridized carbons (Fsp3) is 0.200. The number of amides is 2. The van der Waals surface area contributed by atoms with Crippen LogP contribution in [0, 0.1) is 5.82 Å². The van der Waals surface area contributed by atoms with E-state index in [-0.39, 0.29) is 11.6 Å². The van der Waals surface area contributed by atoms with E-state index in [2.05, 4.69) is 25.7 Å². The number of halogens is 1. The standard InChI is InChI=1S/C25H25FN6O2/c1-4-32-15-18(13-29-32)24-11-21(7-8-28-24)34-20-5-6-23(22(26)10-20)31-25(33)30-19-9-17(16(2)3)12-27-14-19/h5-16H,4H2,1-3H3,(H2,30,31,33). The average molecular weight is 461 g/mol. The Kier molecular flexibility index (Phi) is 6.82. The van der Waals surface area contributed by atoms with Crippen LogP contribution in [0.15, 0.2) is 67.4 Å². The summed E-state index contributed by atoms with van der Waals surface area (Å²) in [6, 6.07) is 8.95.